The number of ether oxygens (including phenoxy) is 2. The number of benzene rings is 2. The zero-order valence-corrected chi connectivity index (χ0v) is 17.9. The van der Waals surface area contributed by atoms with E-state index in [9.17, 15) is 27.6 Å². The lowest BCUT2D eigenvalue weighted by molar-refractivity contribution is -0.147. The SMILES string of the molecule is CCOC(=O)CN1C[C@@H](c2c(F)cc(OC)cc2F)[C@H](NC(=O)Nc2ccc(F)cc2)C1=O. The number of hydrogen-bond acceptors (Lipinski definition) is 5. The number of rotatable bonds is 7. The maximum atomic E-state index is 14.8. The van der Waals surface area contributed by atoms with E-state index in [1.165, 1.54) is 19.2 Å². The summed E-state index contributed by atoms with van der Waals surface area (Å²) in [4.78, 5) is 38.4. The number of carbonyl (C=O) groups excluding carboxylic acids is 3. The van der Waals surface area contributed by atoms with Gasteiger partial charge >= 0.3 is 12.0 Å². The molecule has 2 N–H and O–H groups in total. The number of anilines is 1. The first-order chi connectivity index (χ1) is 15.7. The van der Waals surface area contributed by atoms with E-state index in [2.05, 4.69) is 10.6 Å². The van der Waals surface area contributed by atoms with E-state index in [4.69, 9.17) is 9.47 Å². The summed E-state index contributed by atoms with van der Waals surface area (Å²) in [6.07, 6.45) is 0. The van der Waals surface area contributed by atoms with E-state index in [-0.39, 0.29) is 24.6 Å². The number of nitrogens with one attached hydrogen (secondary N) is 2. The smallest absolute Gasteiger partial charge is 0.325 e. The van der Waals surface area contributed by atoms with Gasteiger partial charge in [-0.1, -0.05) is 0 Å². The minimum atomic E-state index is -1.38. The van der Waals surface area contributed by atoms with Gasteiger partial charge in [-0.3, -0.25) is 9.59 Å². The molecule has 176 valence electrons. The first kappa shape index (κ1) is 23.9. The Labute approximate surface area is 187 Å². The summed E-state index contributed by atoms with van der Waals surface area (Å²) < 4.78 is 52.3. The third-order valence-electron chi connectivity index (χ3n) is 5.07. The highest BCUT2D eigenvalue weighted by atomic mass is 19.1. The van der Waals surface area contributed by atoms with Crippen LogP contribution in [-0.4, -0.2) is 55.7 Å². The maximum Gasteiger partial charge on any atom is 0.325 e. The molecule has 3 amide bonds. The van der Waals surface area contributed by atoms with Crippen molar-refractivity contribution in [1.82, 2.24) is 10.2 Å². The minimum absolute atomic E-state index is 0.0555. The quantitative estimate of drug-likeness (QED) is 0.613. The summed E-state index contributed by atoms with van der Waals surface area (Å²) in [6, 6.07) is 4.57. The number of esters is 1. The second-order valence-electron chi connectivity index (χ2n) is 7.22. The van der Waals surface area contributed by atoms with Crippen LogP contribution in [0.2, 0.25) is 0 Å². The number of methoxy groups -OCH3 is 1. The Hall–Kier alpha value is -3.76. The van der Waals surface area contributed by atoms with Crippen molar-refractivity contribution in [3.8, 4) is 5.75 Å². The van der Waals surface area contributed by atoms with Crippen molar-refractivity contribution in [2.24, 2.45) is 0 Å². The second-order valence-corrected chi connectivity index (χ2v) is 7.22. The van der Waals surface area contributed by atoms with E-state index in [0.717, 1.165) is 29.2 Å². The molecule has 0 aliphatic carbocycles. The Bertz CT molecular complexity index is 1030. The Morgan fingerprint density at radius 3 is 2.33 bits per heavy atom. The van der Waals surface area contributed by atoms with E-state index in [1.54, 1.807) is 6.92 Å². The van der Waals surface area contributed by atoms with Crippen molar-refractivity contribution < 1.29 is 37.0 Å². The summed E-state index contributed by atoms with van der Waals surface area (Å²) in [5.74, 6) is -5.04. The van der Waals surface area contributed by atoms with Crippen molar-refractivity contribution in [1.29, 1.82) is 0 Å². The standard InChI is InChI=1S/C22H22F3N3O5/c1-3-33-18(29)11-28-10-15(19-16(24)8-14(32-2)9-17(19)25)20(21(28)30)27-22(31)26-13-6-4-12(23)5-7-13/h4-9,15,20H,3,10-11H2,1-2H3,(H2,26,27,31)/t15-,20-/m0/s1. The number of hydrogen-bond donors (Lipinski definition) is 2. The van der Waals surface area contributed by atoms with Gasteiger partial charge in [-0.2, -0.15) is 0 Å². The van der Waals surface area contributed by atoms with Gasteiger partial charge in [-0.25, -0.2) is 18.0 Å². The van der Waals surface area contributed by atoms with Crippen LogP contribution in [0.15, 0.2) is 36.4 Å². The molecule has 0 bridgehead atoms. The third kappa shape index (κ3) is 5.54. The summed E-state index contributed by atoms with van der Waals surface area (Å²) >= 11 is 0. The second kappa shape index (κ2) is 10.2. The van der Waals surface area contributed by atoms with Gasteiger partial charge in [0.25, 0.3) is 0 Å². The lowest BCUT2D eigenvalue weighted by atomic mass is 9.93. The van der Waals surface area contributed by atoms with Gasteiger partial charge in [0.2, 0.25) is 5.91 Å². The third-order valence-corrected chi connectivity index (χ3v) is 5.07. The molecule has 0 spiro atoms. The van der Waals surface area contributed by atoms with Crippen LogP contribution in [0, 0.1) is 17.5 Å². The van der Waals surface area contributed by atoms with Gasteiger partial charge in [-0.15, -0.1) is 0 Å². The molecule has 1 saturated heterocycles. The predicted molar refractivity (Wildman–Crippen MR) is 111 cm³/mol. The van der Waals surface area contributed by atoms with Crippen LogP contribution in [0.1, 0.15) is 18.4 Å². The molecule has 2 atom stereocenters. The van der Waals surface area contributed by atoms with Crippen LogP contribution in [-0.2, 0) is 14.3 Å². The van der Waals surface area contributed by atoms with Gasteiger partial charge in [-0.05, 0) is 31.2 Å². The monoisotopic (exact) mass is 465 g/mol. The molecular formula is C22H22F3N3O5. The molecule has 8 nitrogen and oxygen atoms in total. The van der Waals surface area contributed by atoms with E-state index < -0.39 is 59.4 Å². The molecule has 11 heteroatoms. The van der Waals surface area contributed by atoms with Gasteiger partial charge in [0, 0.05) is 35.8 Å². The molecule has 2 aromatic rings. The van der Waals surface area contributed by atoms with E-state index in [1.807, 2.05) is 0 Å². The van der Waals surface area contributed by atoms with Gasteiger partial charge in [0.15, 0.2) is 0 Å². The molecular weight excluding hydrogens is 443 g/mol. The molecule has 1 aliphatic rings. The zero-order valence-electron chi connectivity index (χ0n) is 17.9. The summed E-state index contributed by atoms with van der Waals surface area (Å²) in [5.41, 5.74) is -0.191. The van der Waals surface area contributed by atoms with E-state index in [0.29, 0.717) is 0 Å². The number of nitrogens with zero attached hydrogens (tertiary/aromatic N) is 1. The summed E-state index contributed by atoms with van der Waals surface area (Å²) in [7, 11) is 1.25. The Kier molecular flexibility index (Phi) is 7.41. The number of amides is 3. The largest absolute Gasteiger partial charge is 0.497 e. The Morgan fingerprint density at radius 1 is 1.12 bits per heavy atom. The topological polar surface area (TPSA) is 97.0 Å². The fraction of sp³-hybridized carbons (Fsp3) is 0.318. The van der Waals surface area contributed by atoms with Gasteiger partial charge in [0.1, 0.15) is 35.8 Å². The fourth-order valence-corrected chi connectivity index (χ4v) is 3.60. The number of likely N-dealkylation sites (tertiary alicyclic amines) is 1. The molecule has 0 saturated carbocycles. The molecule has 0 unspecified atom stereocenters. The Morgan fingerprint density at radius 2 is 1.76 bits per heavy atom. The van der Waals surface area contributed by atoms with Crippen LogP contribution < -0.4 is 15.4 Å². The molecule has 3 rings (SSSR count). The zero-order chi connectivity index (χ0) is 24.1. The number of urea groups is 1. The lowest BCUT2D eigenvalue weighted by Gasteiger charge is -2.20. The normalized spacial score (nSPS) is 17.6. The fourth-order valence-electron chi connectivity index (χ4n) is 3.60. The van der Waals surface area contributed by atoms with Crippen molar-refractivity contribution in [3.63, 3.8) is 0 Å². The molecule has 1 aliphatic heterocycles. The molecule has 1 heterocycles. The average molecular weight is 465 g/mol. The van der Waals surface area contributed by atoms with Crippen molar-refractivity contribution in [2.75, 3.05) is 32.1 Å². The number of carbonyl (C=O) groups is 3. The maximum absolute atomic E-state index is 14.8. The van der Waals surface area contributed by atoms with Crippen molar-refractivity contribution in [3.05, 3.63) is 59.4 Å². The highest BCUT2D eigenvalue weighted by Crippen LogP contribution is 2.34. The summed E-state index contributed by atoms with van der Waals surface area (Å²) in [6.45, 7) is 1.01. The van der Waals surface area contributed by atoms with Crippen LogP contribution in [0.5, 0.6) is 5.75 Å². The highest BCUT2D eigenvalue weighted by molar-refractivity contribution is 5.96. The molecule has 0 aromatic heterocycles. The minimum Gasteiger partial charge on any atom is -0.497 e. The van der Waals surface area contributed by atoms with Crippen molar-refractivity contribution >= 4 is 23.6 Å². The van der Waals surface area contributed by atoms with Crippen molar-refractivity contribution in [2.45, 2.75) is 18.9 Å². The van der Waals surface area contributed by atoms with Crippen LogP contribution in [0.25, 0.3) is 0 Å². The highest BCUT2D eigenvalue weighted by Gasteiger charge is 2.45. The Balaban J connectivity index is 1.87. The van der Waals surface area contributed by atoms with Crippen LogP contribution >= 0.6 is 0 Å². The van der Waals surface area contributed by atoms with Gasteiger partial charge < -0.3 is 25.0 Å². The average Bonchev–Trinajstić information content (AvgIpc) is 3.04. The van der Waals surface area contributed by atoms with E-state index >= 15 is 0 Å². The number of halogens is 3. The van der Waals surface area contributed by atoms with Gasteiger partial charge in [0.05, 0.1) is 13.7 Å². The first-order valence-electron chi connectivity index (χ1n) is 10.0. The predicted octanol–water partition coefficient (Wildman–Crippen LogP) is 2.79. The lowest BCUT2D eigenvalue weighted by Crippen LogP contribution is -2.46. The molecule has 33 heavy (non-hydrogen) atoms. The molecule has 2 aromatic carbocycles. The molecule has 0 radical (unpaired) electrons. The molecule has 1 fully saturated rings. The first-order valence-corrected chi connectivity index (χ1v) is 10.0. The van der Waals surface area contributed by atoms with Crippen LogP contribution in [0.3, 0.4) is 0 Å². The van der Waals surface area contributed by atoms with Crippen LogP contribution in [0.4, 0.5) is 23.7 Å². The summed E-state index contributed by atoms with van der Waals surface area (Å²) in [5, 5.41) is 4.83.